The molecule has 0 bridgehead atoms. The van der Waals surface area contributed by atoms with Crippen molar-refractivity contribution in [2.45, 2.75) is 6.92 Å². The number of hydrogen-bond donors (Lipinski definition) is 0. The predicted octanol–water partition coefficient (Wildman–Crippen LogP) is 0.879. The molecule has 2 heterocycles. The van der Waals surface area contributed by atoms with Gasteiger partial charge in [0.2, 0.25) is 0 Å². The standard InChI is InChI=1S/C8H7N5O2/c1-6-4-7(13(14)15)8(9-5-6)12-10-2-3-11-12/h2-5H,1H3. The number of nitro groups is 1. The number of hydrogen-bond acceptors (Lipinski definition) is 5. The molecule has 0 amide bonds. The molecule has 7 heteroatoms. The summed E-state index contributed by atoms with van der Waals surface area (Å²) in [5.41, 5.74) is 0.615. The minimum Gasteiger partial charge on any atom is -0.258 e. The molecule has 2 rings (SSSR count). The Labute approximate surface area is 84.5 Å². The summed E-state index contributed by atoms with van der Waals surface area (Å²) in [6, 6.07) is 1.44. The Balaban J connectivity index is 2.61. The minimum absolute atomic E-state index is 0.105. The lowest BCUT2D eigenvalue weighted by atomic mass is 10.3. The zero-order valence-corrected chi connectivity index (χ0v) is 7.86. The van der Waals surface area contributed by atoms with E-state index in [1.54, 1.807) is 6.92 Å². The van der Waals surface area contributed by atoms with Gasteiger partial charge in [-0.25, -0.2) is 4.98 Å². The quantitative estimate of drug-likeness (QED) is 0.536. The van der Waals surface area contributed by atoms with Crippen molar-refractivity contribution >= 4 is 5.69 Å². The third-order valence-electron chi connectivity index (χ3n) is 1.79. The molecular formula is C8H7N5O2. The second-order valence-electron chi connectivity index (χ2n) is 2.93. The third-order valence-corrected chi connectivity index (χ3v) is 1.79. The average molecular weight is 205 g/mol. The Hall–Kier alpha value is -2.31. The lowest BCUT2D eigenvalue weighted by Crippen LogP contribution is -2.06. The van der Waals surface area contributed by atoms with Crippen molar-refractivity contribution in [1.82, 2.24) is 20.0 Å². The maximum absolute atomic E-state index is 10.8. The van der Waals surface area contributed by atoms with Gasteiger partial charge in [-0.1, -0.05) is 0 Å². The molecule has 0 atom stereocenters. The molecule has 7 nitrogen and oxygen atoms in total. The molecule has 0 aliphatic rings. The molecule has 0 aliphatic heterocycles. The summed E-state index contributed by atoms with van der Waals surface area (Å²) in [4.78, 5) is 15.3. The van der Waals surface area contributed by atoms with Gasteiger partial charge in [0.15, 0.2) is 0 Å². The van der Waals surface area contributed by atoms with Crippen LogP contribution in [0.3, 0.4) is 0 Å². The maximum atomic E-state index is 10.8. The molecule has 2 aromatic rings. The first-order chi connectivity index (χ1) is 7.18. The van der Waals surface area contributed by atoms with Crippen LogP contribution in [0.25, 0.3) is 5.82 Å². The van der Waals surface area contributed by atoms with Crippen molar-refractivity contribution in [3.05, 3.63) is 40.3 Å². The molecular weight excluding hydrogens is 198 g/mol. The Morgan fingerprint density at radius 2 is 2.07 bits per heavy atom. The van der Waals surface area contributed by atoms with E-state index < -0.39 is 4.92 Å². The Morgan fingerprint density at radius 3 is 2.67 bits per heavy atom. The smallest absolute Gasteiger partial charge is 0.258 e. The zero-order valence-electron chi connectivity index (χ0n) is 7.86. The molecule has 2 aromatic heterocycles. The summed E-state index contributed by atoms with van der Waals surface area (Å²) in [6.45, 7) is 1.74. The van der Waals surface area contributed by atoms with Gasteiger partial charge in [-0.3, -0.25) is 10.1 Å². The molecule has 0 saturated carbocycles. The van der Waals surface area contributed by atoms with E-state index in [0.29, 0.717) is 0 Å². The highest BCUT2D eigenvalue weighted by Crippen LogP contribution is 2.19. The normalized spacial score (nSPS) is 10.2. The van der Waals surface area contributed by atoms with Gasteiger partial charge >= 0.3 is 5.69 Å². The summed E-state index contributed by atoms with van der Waals surface area (Å²) in [5, 5.41) is 18.4. The van der Waals surface area contributed by atoms with Crippen LogP contribution >= 0.6 is 0 Å². The monoisotopic (exact) mass is 205 g/mol. The first kappa shape index (κ1) is 9.25. The van der Waals surface area contributed by atoms with Crippen LogP contribution in [0.1, 0.15) is 5.56 Å². The first-order valence-electron chi connectivity index (χ1n) is 4.16. The maximum Gasteiger partial charge on any atom is 0.315 e. The third kappa shape index (κ3) is 1.66. The summed E-state index contributed by atoms with van der Waals surface area (Å²) in [7, 11) is 0. The van der Waals surface area contributed by atoms with Crippen molar-refractivity contribution < 1.29 is 4.92 Å². The zero-order chi connectivity index (χ0) is 10.8. The number of aromatic nitrogens is 4. The number of pyridine rings is 1. The summed E-state index contributed by atoms with van der Waals surface area (Å²) >= 11 is 0. The molecule has 0 unspecified atom stereocenters. The van der Waals surface area contributed by atoms with Crippen molar-refractivity contribution in [3.63, 3.8) is 0 Å². The molecule has 0 radical (unpaired) electrons. The fourth-order valence-corrected chi connectivity index (χ4v) is 1.16. The fourth-order valence-electron chi connectivity index (χ4n) is 1.16. The van der Waals surface area contributed by atoms with Crippen molar-refractivity contribution in [2.75, 3.05) is 0 Å². The van der Waals surface area contributed by atoms with E-state index in [2.05, 4.69) is 15.2 Å². The van der Waals surface area contributed by atoms with E-state index >= 15 is 0 Å². The van der Waals surface area contributed by atoms with Gasteiger partial charge in [-0.2, -0.15) is 10.2 Å². The molecule has 0 saturated heterocycles. The van der Waals surface area contributed by atoms with Gasteiger partial charge in [-0.15, -0.1) is 4.80 Å². The molecule has 0 aromatic carbocycles. The summed E-state index contributed by atoms with van der Waals surface area (Å²) in [6.07, 6.45) is 4.40. The lowest BCUT2D eigenvalue weighted by Gasteiger charge is -2.00. The number of aryl methyl sites for hydroxylation is 1. The first-order valence-corrected chi connectivity index (χ1v) is 4.16. The van der Waals surface area contributed by atoms with E-state index in [0.717, 1.165) is 10.4 Å². The van der Waals surface area contributed by atoms with Crippen LogP contribution in [-0.2, 0) is 0 Å². The van der Waals surface area contributed by atoms with Gasteiger partial charge in [0.25, 0.3) is 5.82 Å². The van der Waals surface area contributed by atoms with Crippen molar-refractivity contribution in [1.29, 1.82) is 0 Å². The molecule has 0 fully saturated rings. The van der Waals surface area contributed by atoms with Crippen LogP contribution in [-0.4, -0.2) is 24.9 Å². The highest BCUT2D eigenvalue weighted by molar-refractivity contribution is 5.46. The predicted molar refractivity (Wildman–Crippen MR) is 50.5 cm³/mol. The Morgan fingerprint density at radius 1 is 1.40 bits per heavy atom. The van der Waals surface area contributed by atoms with E-state index in [-0.39, 0.29) is 11.5 Å². The Kier molecular flexibility index (Phi) is 2.13. The largest absolute Gasteiger partial charge is 0.315 e. The van der Waals surface area contributed by atoms with Gasteiger partial charge in [0.05, 0.1) is 17.3 Å². The molecule has 0 spiro atoms. The molecule has 0 N–H and O–H groups in total. The fraction of sp³-hybridized carbons (Fsp3) is 0.125. The van der Waals surface area contributed by atoms with E-state index in [1.807, 2.05) is 0 Å². The topological polar surface area (TPSA) is 86.7 Å². The van der Waals surface area contributed by atoms with Gasteiger partial charge in [0, 0.05) is 12.3 Å². The van der Waals surface area contributed by atoms with Crippen LogP contribution in [0.5, 0.6) is 0 Å². The van der Waals surface area contributed by atoms with Crippen LogP contribution in [0.4, 0.5) is 5.69 Å². The second kappa shape index (κ2) is 3.45. The van der Waals surface area contributed by atoms with Crippen LogP contribution in [0, 0.1) is 17.0 Å². The minimum atomic E-state index is -0.501. The van der Waals surface area contributed by atoms with E-state index in [4.69, 9.17) is 0 Å². The van der Waals surface area contributed by atoms with Crippen LogP contribution in [0.2, 0.25) is 0 Å². The van der Waals surface area contributed by atoms with Gasteiger partial charge < -0.3 is 0 Å². The lowest BCUT2D eigenvalue weighted by molar-refractivity contribution is -0.385. The van der Waals surface area contributed by atoms with Gasteiger partial charge in [-0.05, 0) is 12.5 Å². The second-order valence-corrected chi connectivity index (χ2v) is 2.93. The van der Waals surface area contributed by atoms with Crippen molar-refractivity contribution in [3.8, 4) is 5.82 Å². The molecule has 15 heavy (non-hydrogen) atoms. The van der Waals surface area contributed by atoms with Crippen LogP contribution in [0.15, 0.2) is 24.7 Å². The average Bonchev–Trinajstić information content (AvgIpc) is 2.70. The van der Waals surface area contributed by atoms with Crippen molar-refractivity contribution in [2.24, 2.45) is 0 Å². The number of rotatable bonds is 2. The number of nitrogens with zero attached hydrogens (tertiary/aromatic N) is 5. The van der Waals surface area contributed by atoms with E-state index in [9.17, 15) is 10.1 Å². The molecule has 76 valence electrons. The SMILES string of the molecule is Cc1cnc(-n2nccn2)c([N+](=O)[O-])c1. The highest BCUT2D eigenvalue weighted by Gasteiger charge is 2.17. The Bertz CT molecular complexity index is 494. The summed E-state index contributed by atoms with van der Waals surface area (Å²) < 4.78 is 0. The molecule has 0 aliphatic carbocycles. The van der Waals surface area contributed by atoms with Gasteiger partial charge in [0.1, 0.15) is 0 Å². The van der Waals surface area contributed by atoms with Crippen LogP contribution < -0.4 is 0 Å². The highest BCUT2D eigenvalue weighted by atomic mass is 16.6. The van der Waals surface area contributed by atoms with E-state index in [1.165, 1.54) is 24.7 Å². The summed E-state index contributed by atoms with van der Waals surface area (Å²) in [5.74, 6) is 0.121.